The maximum Gasteiger partial charge on any atom is 0.329 e. The normalized spacial score (nSPS) is 21.6. The first-order chi connectivity index (χ1) is 30.1. The van der Waals surface area contributed by atoms with E-state index >= 15 is 0 Å². The Bertz CT molecular complexity index is 1760. The zero-order valence-corrected chi connectivity index (χ0v) is 37.9. The molecule has 0 saturated carbocycles. The lowest BCUT2D eigenvalue weighted by Gasteiger charge is -2.29. The average Bonchev–Trinajstić information content (AvgIpc) is 3.22. The largest absolute Gasteiger partial charge is 0.448 e. The number of primary amides is 1. The third-order valence-electron chi connectivity index (χ3n) is 10.2. The summed E-state index contributed by atoms with van der Waals surface area (Å²) in [6, 6.07) is -2.23. The first-order valence-electron chi connectivity index (χ1n) is 21.8. The number of hydrogen-bond donors (Lipinski definition) is 11. The number of aliphatic hydroxyl groups excluding tert-OH is 1. The van der Waals surface area contributed by atoms with Crippen molar-refractivity contribution in [1.29, 1.82) is 0 Å². The Kier molecular flexibility index (Phi) is 22.8. The van der Waals surface area contributed by atoms with Crippen LogP contribution in [0.4, 0.5) is 0 Å². The Labute approximate surface area is 374 Å². The summed E-state index contributed by atoms with van der Waals surface area (Å²) in [7, 11) is 0. The van der Waals surface area contributed by atoms with Gasteiger partial charge in [0.1, 0.15) is 36.3 Å². The molecule has 1 aromatic carbocycles. The molecule has 0 radical (unpaired) electrons. The lowest BCUT2D eigenvalue weighted by atomic mass is 10.00. The third-order valence-corrected chi connectivity index (χ3v) is 10.2. The highest BCUT2D eigenvalue weighted by atomic mass is 16.6. The SMILES string of the molecule is CC(C)C[C@@H]1NC(=O)[C@@H](C)NC(=O)[C@@H](NC(=O)[C@H](CO)NC(=O)[C@@H](CCCCN)NC(=O)[C@@H](CC(C)C)NC(=O)[C@@H](N)Cc2ccccc2)[C@H](C(N)=O)OC(=O)[C@@H](CC(C)C)NC1=O. The second-order valence-corrected chi connectivity index (χ2v) is 17.4. The lowest BCUT2D eigenvalue weighted by Crippen LogP contribution is -2.64. The third kappa shape index (κ3) is 18.2. The van der Waals surface area contributed by atoms with E-state index in [1.165, 1.54) is 6.92 Å². The van der Waals surface area contributed by atoms with Crippen LogP contribution >= 0.6 is 0 Å². The lowest BCUT2D eigenvalue weighted by molar-refractivity contribution is -0.162. The fourth-order valence-corrected chi connectivity index (χ4v) is 6.80. The maximum absolute atomic E-state index is 13.9. The molecule has 1 aliphatic heterocycles. The molecule has 1 aromatic rings. The van der Waals surface area contributed by atoms with Gasteiger partial charge in [-0.3, -0.25) is 38.4 Å². The maximum atomic E-state index is 13.9. The van der Waals surface area contributed by atoms with E-state index in [0.29, 0.717) is 12.8 Å². The van der Waals surface area contributed by atoms with Gasteiger partial charge in [-0.15, -0.1) is 0 Å². The number of nitrogens with two attached hydrogens (primary N) is 3. The fraction of sp³-hybridized carbons (Fsp3) is 0.651. The van der Waals surface area contributed by atoms with E-state index < -0.39 is 114 Å². The predicted molar refractivity (Wildman–Crippen MR) is 235 cm³/mol. The van der Waals surface area contributed by atoms with Crippen LogP contribution in [0.1, 0.15) is 92.6 Å². The number of carbonyl (C=O) groups is 9. The minimum Gasteiger partial charge on any atom is -0.448 e. The van der Waals surface area contributed by atoms with Crippen LogP contribution in [0.5, 0.6) is 0 Å². The minimum absolute atomic E-state index is 0.00596. The molecule has 21 heteroatoms. The van der Waals surface area contributed by atoms with E-state index in [1.807, 2.05) is 45.9 Å². The van der Waals surface area contributed by atoms with Crippen LogP contribution in [0.25, 0.3) is 0 Å². The Morgan fingerprint density at radius 2 is 1.28 bits per heavy atom. The van der Waals surface area contributed by atoms with Crippen LogP contribution < -0.4 is 54.4 Å². The number of nitrogens with one attached hydrogen (secondary N) is 7. The summed E-state index contributed by atoms with van der Waals surface area (Å²) in [6.45, 7) is 11.3. The molecule has 14 N–H and O–H groups in total. The van der Waals surface area contributed by atoms with Crippen molar-refractivity contribution in [3.8, 4) is 0 Å². The number of aliphatic hydroxyl groups is 1. The van der Waals surface area contributed by atoms with Crippen LogP contribution in [0.3, 0.4) is 0 Å². The zero-order valence-electron chi connectivity index (χ0n) is 37.9. The van der Waals surface area contributed by atoms with E-state index in [4.69, 9.17) is 21.9 Å². The van der Waals surface area contributed by atoms with Gasteiger partial charge < -0.3 is 64.3 Å². The summed E-state index contributed by atoms with van der Waals surface area (Å²) in [4.78, 5) is 122. The summed E-state index contributed by atoms with van der Waals surface area (Å²) in [5.41, 5.74) is 18.3. The molecule has 8 amide bonds. The Morgan fingerprint density at radius 1 is 0.719 bits per heavy atom. The molecule has 0 aliphatic carbocycles. The molecule has 2 rings (SSSR count). The van der Waals surface area contributed by atoms with Gasteiger partial charge in [0.2, 0.25) is 47.5 Å². The quantitative estimate of drug-likeness (QED) is 0.0429. The van der Waals surface area contributed by atoms with Crippen LogP contribution in [0.15, 0.2) is 30.3 Å². The monoisotopic (exact) mass is 903 g/mol. The topological polar surface area (TPSA) is 345 Å². The molecule has 64 heavy (non-hydrogen) atoms. The average molecular weight is 903 g/mol. The molecule has 1 aliphatic rings. The summed E-state index contributed by atoms with van der Waals surface area (Å²) in [5, 5.41) is 27.7. The number of rotatable bonds is 22. The Balaban J connectivity index is 2.42. The summed E-state index contributed by atoms with van der Waals surface area (Å²) in [6.07, 6.45) is -0.880. The Morgan fingerprint density at radius 3 is 1.84 bits per heavy atom. The molecule has 21 nitrogen and oxygen atoms in total. The van der Waals surface area contributed by atoms with Gasteiger partial charge in [0.15, 0.2) is 6.04 Å². The fourth-order valence-electron chi connectivity index (χ4n) is 6.80. The molecule has 0 spiro atoms. The second-order valence-electron chi connectivity index (χ2n) is 17.4. The molecule has 0 unspecified atom stereocenters. The molecule has 358 valence electrons. The molecular weight excluding hydrogens is 833 g/mol. The smallest absolute Gasteiger partial charge is 0.329 e. The van der Waals surface area contributed by atoms with Crippen LogP contribution in [0, 0.1) is 17.8 Å². The number of amides is 8. The van der Waals surface area contributed by atoms with Gasteiger partial charge in [-0.2, -0.15) is 0 Å². The van der Waals surface area contributed by atoms with Crippen molar-refractivity contribution in [2.45, 2.75) is 148 Å². The van der Waals surface area contributed by atoms with Gasteiger partial charge in [0.25, 0.3) is 5.91 Å². The first-order valence-corrected chi connectivity index (χ1v) is 21.8. The molecule has 0 aromatic heterocycles. The standard InChI is InChI=1S/C43H70N10O11/c1-22(2)17-29-40(60)51-31(19-24(5)6)43(63)64-34(35(46)55)33(42(62)47-25(7)36(56)49-29)53-41(61)32(21-54)52-38(58)28(15-11-12-16-44)48-39(59)30(18-23(3)4)50-37(57)27(45)20-26-13-9-8-10-14-26/h8-10,13-14,22-25,27-34,54H,11-12,15-21,44-45H2,1-7H3,(H2,46,55)(H,47,62)(H,48,59)(H,49,56)(H,50,57)(H,51,60)(H,52,58)(H,53,61)/t25-,27+,28-,29+,30-,31-,32+,33+,34-/m1/s1. The number of carbonyl (C=O) groups excluding carboxylic acids is 9. The van der Waals surface area contributed by atoms with Crippen LogP contribution in [0.2, 0.25) is 0 Å². The molecular formula is C43H70N10O11. The van der Waals surface area contributed by atoms with Crippen molar-refractivity contribution in [2.75, 3.05) is 13.2 Å². The number of esters is 1. The van der Waals surface area contributed by atoms with E-state index in [1.54, 1.807) is 26.0 Å². The van der Waals surface area contributed by atoms with Crippen LogP contribution in [-0.2, 0) is 54.3 Å². The van der Waals surface area contributed by atoms with Gasteiger partial charge in [0.05, 0.1) is 12.6 Å². The molecule has 1 saturated heterocycles. The Hall–Kier alpha value is -5.67. The zero-order chi connectivity index (χ0) is 48.3. The highest BCUT2D eigenvalue weighted by molar-refractivity contribution is 6.00. The summed E-state index contributed by atoms with van der Waals surface area (Å²) < 4.78 is 5.45. The number of hydrogen-bond acceptors (Lipinski definition) is 13. The molecule has 9 atom stereocenters. The van der Waals surface area contributed by atoms with Crippen molar-refractivity contribution in [1.82, 2.24) is 37.2 Å². The van der Waals surface area contributed by atoms with E-state index in [2.05, 4.69) is 37.2 Å². The summed E-state index contributed by atoms with van der Waals surface area (Å²) in [5.74, 6) is -9.23. The highest BCUT2D eigenvalue weighted by Gasteiger charge is 2.42. The molecule has 1 fully saturated rings. The van der Waals surface area contributed by atoms with E-state index in [0.717, 1.165) is 5.56 Å². The van der Waals surface area contributed by atoms with Crippen molar-refractivity contribution in [2.24, 2.45) is 35.0 Å². The molecule has 0 bridgehead atoms. The number of cyclic esters (lactones) is 1. The van der Waals surface area contributed by atoms with Crippen molar-refractivity contribution in [3.05, 3.63) is 35.9 Å². The van der Waals surface area contributed by atoms with Gasteiger partial charge >= 0.3 is 5.97 Å². The van der Waals surface area contributed by atoms with Gasteiger partial charge in [0, 0.05) is 0 Å². The van der Waals surface area contributed by atoms with E-state index in [9.17, 15) is 48.3 Å². The van der Waals surface area contributed by atoms with Gasteiger partial charge in [-0.1, -0.05) is 71.9 Å². The van der Waals surface area contributed by atoms with Gasteiger partial charge in [-0.25, -0.2) is 4.79 Å². The predicted octanol–water partition coefficient (Wildman–Crippen LogP) is -2.36. The number of ether oxygens (including phenoxy) is 1. The minimum atomic E-state index is -2.22. The van der Waals surface area contributed by atoms with Crippen molar-refractivity contribution < 1.29 is 53.0 Å². The van der Waals surface area contributed by atoms with Crippen molar-refractivity contribution >= 4 is 53.2 Å². The van der Waals surface area contributed by atoms with Gasteiger partial charge in [-0.05, 0) is 81.7 Å². The number of unbranched alkanes of at least 4 members (excludes halogenated alkanes) is 1. The number of benzene rings is 1. The van der Waals surface area contributed by atoms with Crippen molar-refractivity contribution in [3.63, 3.8) is 0 Å². The highest BCUT2D eigenvalue weighted by Crippen LogP contribution is 2.14. The van der Waals surface area contributed by atoms with Crippen LogP contribution in [-0.4, -0.2) is 126 Å². The summed E-state index contributed by atoms with van der Waals surface area (Å²) >= 11 is 0. The second kappa shape index (κ2) is 26.8. The van der Waals surface area contributed by atoms with E-state index in [-0.39, 0.29) is 56.4 Å². The first kappa shape index (κ1) is 54.5. The molecule has 1 heterocycles.